The van der Waals surface area contributed by atoms with Crippen molar-refractivity contribution in [2.45, 2.75) is 26.3 Å². The molecule has 0 radical (unpaired) electrons. The van der Waals surface area contributed by atoms with Crippen LogP contribution in [0, 0.1) is 6.92 Å². The molecule has 2 amide bonds. The van der Waals surface area contributed by atoms with Crippen LogP contribution in [0.4, 0.5) is 0 Å². The summed E-state index contributed by atoms with van der Waals surface area (Å²) >= 11 is 1.63. The zero-order valence-corrected chi connectivity index (χ0v) is 16.8. The Morgan fingerprint density at radius 2 is 1.89 bits per heavy atom. The molecule has 28 heavy (non-hydrogen) atoms. The summed E-state index contributed by atoms with van der Waals surface area (Å²) in [6.07, 6.45) is 0.850. The smallest absolute Gasteiger partial charge is 0.320 e. The minimum absolute atomic E-state index is 0.151. The largest absolute Gasteiger partial charge is 0.465 e. The van der Waals surface area contributed by atoms with E-state index in [4.69, 9.17) is 4.74 Å². The van der Waals surface area contributed by atoms with Crippen LogP contribution >= 0.6 is 11.3 Å². The molecule has 0 saturated carbocycles. The highest BCUT2D eigenvalue weighted by Crippen LogP contribution is 2.38. The second-order valence-corrected chi connectivity index (χ2v) is 7.98. The lowest BCUT2D eigenvalue weighted by Crippen LogP contribution is -2.45. The number of hydrogen-bond donors (Lipinski definition) is 0. The summed E-state index contributed by atoms with van der Waals surface area (Å²) in [6.45, 7) is 5.27. The normalized spacial score (nSPS) is 18.9. The van der Waals surface area contributed by atoms with Crippen LogP contribution in [0.1, 0.15) is 49.7 Å². The molecule has 2 aliphatic heterocycles. The van der Waals surface area contributed by atoms with E-state index in [1.807, 2.05) is 4.90 Å². The molecule has 2 aliphatic rings. The van der Waals surface area contributed by atoms with Gasteiger partial charge in [0, 0.05) is 18.0 Å². The number of thiophene rings is 1. The number of carbonyl (C=O) groups excluding carboxylic acids is 3. The van der Waals surface area contributed by atoms with Crippen molar-refractivity contribution < 1.29 is 19.1 Å². The van der Waals surface area contributed by atoms with Crippen LogP contribution < -0.4 is 0 Å². The van der Waals surface area contributed by atoms with Gasteiger partial charge in [0.05, 0.1) is 30.3 Å². The number of ether oxygens (including phenoxy) is 1. The van der Waals surface area contributed by atoms with Gasteiger partial charge in [-0.25, -0.2) is 0 Å². The average molecular weight is 398 g/mol. The van der Waals surface area contributed by atoms with Crippen molar-refractivity contribution >= 4 is 29.1 Å². The maximum atomic E-state index is 12.8. The zero-order valence-electron chi connectivity index (χ0n) is 15.9. The Balaban J connectivity index is 1.64. The van der Waals surface area contributed by atoms with Gasteiger partial charge < -0.3 is 4.74 Å². The first-order valence-electron chi connectivity index (χ1n) is 9.43. The fourth-order valence-electron chi connectivity index (χ4n) is 4.00. The van der Waals surface area contributed by atoms with Crippen molar-refractivity contribution in [2.75, 3.05) is 26.2 Å². The van der Waals surface area contributed by atoms with Crippen molar-refractivity contribution in [1.82, 2.24) is 9.80 Å². The van der Waals surface area contributed by atoms with Crippen molar-refractivity contribution in [2.24, 2.45) is 0 Å². The van der Waals surface area contributed by atoms with Gasteiger partial charge in [0.1, 0.15) is 0 Å². The third-order valence-electron chi connectivity index (χ3n) is 5.40. The highest BCUT2D eigenvalue weighted by atomic mass is 32.1. The summed E-state index contributed by atoms with van der Waals surface area (Å²) in [4.78, 5) is 42.2. The summed E-state index contributed by atoms with van der Waals surface area (Å²) in [5.41, 5.74) is 3.39. The fourth-order valence-corrected chi connectivity index (χ4v) is 5.24. The lowest BCUT2D eigenvalue weighted by molar-refractivity contribution is -0.145. The predicted molar refractivity (Wildman–Crippen MR) is 106 cm³/mol. The van der Waals surface area contributed by atoms with E-state index in [0.29, 0.717) is 24.3 Å². The van der Waals surface area contributed by atoms with E-state index >= 15 is 0 Å². The number of nitrogens with zero attached hydrogens (tertiary/aromatic N) is 2. The van der Waals surface area contributed by atoms with Crippen LogP contribution in [0.25, 0.3) is 0 Å². The number of carbonyl (C=O) groups is 3. The van der Waals surface area contributed by atoms with Crippen molar-refractivity contribution in [3.05, 3.63) is 56.8 Å². The van der Waals surface area contributed by atoms with Gasteiger partial charge in [0.2, 0.25) is 0 Å². The molecule has 4 rings (SSSR count). The van der Waals surface area contributed by atoms with Crippen molar-refractivity contribution in [3.8, 4) is 0 Å². The molecule has 1 atom stereocenters. The van der Waals surface area contributed by atoms with Crippen LogP contribution in [-0.4, -0.2) is 53.8 Å². The Morgan fingerprint density at radius 1 is 1.21 bits per heavy atom. The van der Waals surface area contributed by atoms with E-state index in [2.05, 4.69) is 12.3 Å². The number of rotatable bonds is 5. The van der Waals surface area contributed by atoms with Gasteiger partial charge in [-0.2, -0.15) is 0 Å². The summed E-state index contributed by atoms with van der Waals surface area (Å²) in [5.74, 6) is -0.819. The summed E-state index contributed by atoms with van der Waals surface area (Å²) in [7, 11) is 0. The van der Waals surface area contributed by atoms with Gasteiger partial charge in [0.15, 0.2) is 0 Å². The topological polar surface area (TPSA) is 66.9 Å². The molecule has 0 aliphatic carbocycles. The van der Waals surface area contributed by atoms with Crippen LogP contribution in [0.2, 0.25) is 0 Å². The zero-order chi connectivity index (χ0) is 19.8. The number of esters is 1. The van der Waals surface area contributed by atoms with E-state index in [1.54, 1.807) is 42.5 Å². The van der Waals surface area contributed by atoms with E-state index in [0.717, 1.165) is 11.3 Å². The van der Waals surface area contributed by atoms with Crippen molar-refractivity contribution in [3.63, 3.8) is 0 Å². The van der Waals surface area contributed by atoms with E-state index in [-0.39, 0.29) is 36.9 Å². The van der Waals surface area contributed by atoms with Crippen LogP contribution in [-0.2, 0) is 16.0 Å². The average Bonchev–Trinajstić information content (AvgIpc) is 3.17. The third kappa shape index (κ3) is 3.14. The number of imide groups is 1. The second-order valence-electron chi connectivity index (χ2n) is 7.07. The molecule has 3 heterocycles. The second kappa shape index (κ2) is 7.48. The Morgan fingerprint density at radius 3 is 2.54 bits per heavy atom. The maximum Gasteiger partial charge on any atom is 0.320 e. The molecule has 0 spiro atoms. The van der Waals surface area contributed by atoms with E-state index < -0.39 is 0 Å². The van der Waals surface area contributed by atoms with Crippen molar-refractivity contribution in [1.29, 1.82) is 0 Å². The number of benzene rings is 1. The molecule has 0 N–H and O–H groups in total. The highest BCUT2D eigenvalue weighted by molar-refractivity contribution is 7.10. The monoisotopic (exact) mass is 398 g/mol. The summed E-state index contributed by atoms with van der Waals surface area (Å²) in [6, 6.07) is 6.71. The number of hydrogen-bond acceptors (Lipinski definition) is 6. The number of amides is 2. The van der Waals surface area contributed by atoms with Gasteiger partial charge in [-0.3, -0.25) is 24.2 Å². The molecule has 1 aromatic heterocycles. The molecule has 146 valence electrons. The SMILES string of the molecule is CCOC(=O)CN1CCc2c(C)csc2C1CN1C(=O)c2ccccc2C1=O. The van der Waals surface area contributed by atoms with Gasteiger partial charge in [0.25, 0.3) is 11.8 Å². The Kier molecular flexibility index (Phi) is 5.03. The first kappa shape index (κ1) is 18.8. The lowest BCUT2D eigenvalue weighted by Gasteiger charge is -2.36. The Labute approximate surface area is 167 Å². The Hall–Kier alpha value is -2.51. The Bertz CT molecular complexity index is 917. The molecule has 2 aromatic rings. The molecule has 0 saturated heterocycles. The minimum Gasteiger partial charge on any atom is -0.465 e. The predicted octanol–water partition coefficient (Wildman–Crippen LogP) is 2.82. The first-order chi connectivity index (χ1) is 13.5. The van der Waals surface area contributed by atoms with E-state index in [9.17, 15) is 14.4 Å². The van der Waals surface area contributed by atoms with Crippen LogP contribution in [0.5, 0.6) is 0 Å². The molecule has 6 nitrogen and oxygen atoms in total. The third-order valence-corrected chi connectivity index (χ3v) is 6.64. The molecular weight excluding hydrogens is 376 g/mol. The fraction of sp³-hybridized carbons (Fsp3) is 0.381. The standard InChI is InChI=1S/C21H22N2O4S/c1-3-27-18(24)11-22-9-8-14-13(2)12-28-19(14)17(22)10-23-20(25)15-6-4-5-7-16(15)21(23)26/h4-7,12,17H,3,8-11H2,1-2H3. The minimum atomic E-state index is -0.286. The molecule has 1 unspecified atom stereocenters. The quantitative estimate of drug-likeness (QED) is 0.572. The van der Waals surface area contributed by atoms with Gasteiger partial charge in [-0.05, 0) is 48.9 Å². The van der Waals surface area contributed by atoms with Gasteiger partial charge in [-0.1, -0.05) is 12.1 Å². The summed E-state index contributed by atoms with van der Waals surface area (Å²) in [5, 5.41) is 2.11. The molecule has 7 heteroatoms. The van der Waals surface area contributed by atoms with E-state index in [1.165, 1.54) is 16.0 Å². The number of aryl methyl sites for hydroxylation is 1. The molecule has 0 fully saturated rings. The highest BCUT2D eigenvalue weighted by Gasteiger charge is 2.40. The molecular formula is C21H22N2O4S. The van der Waals surface area contributed by atoms with Crippen LogP contribution in [0.3, 0.4) is 0 Å². The first-order valence-corrected chi connectivity index (χ1v) is 10.3. The number of fused-ring (bicyclic) bond motifs is 2. The molecule has 1 aromatic carbocycles. The van der Waals surface area contributed by atoms with Crippen LogP contribution in [0.15, 0.2) is 29.6 Å². The van der Waals surface area contributed by atoms with Gasteiger partial charge >= 0.3 is 5.97 Å². The van der Waals surface area contributed by atoms with Gasteiger partial charge in [-0.15, -0.1) is 11.3 Å². The summed E-state index contributed by atoms with van der Waals surface area (Å²) < 4.78 is 5.12. The molecule has 0 bridgehead atoms. The lowest BCUT2D eigenvalue weighted by atomic mass is 9.98. The maximum absolute atomic E-state index is 12.8.